The van der Waals surface area contributed by atoms with Gasteiger partial charge in [-0.05, 0) is 96.3 Å². The number of hydrogen-bond donors (Lipinski definition) is 0. The SMILES string of the molecule is CC\C=C/C=C\C=C/C=C\C=C\C=C/CCCCCC(=O)OCC(COC(=O)CCCC/C=C\C/C=C\C/C=C\CC)OC(=O)CCCCC/C=C\C=C/CCCCCCCCC. The zero-order valence-electron chi connectivity index (χ0n) is 40.0. The van der Waals surface area contributed by atoms with Crippen molar-refractivity contribution in [2.45, 2.75) is 194 Å². The van der Waals surface area contributed by atoms with Crippen LogP contribution < -0.4 is 0 Å². The number of rotatable bonds is 42. The normalized spacial score (nSPS) is 13.3. The second-order valence-corrected chi connectivity index (χ2v) is 15.8. The largest absolute Gasteiger partial charge is 0.462 e. The summed E-state index contributed by atoms with van der Waals surface area (Å²) in [6, 6.07) is 0. The summed E-state index contributed by atoms with van der Waals surface area (Å²) in [5.41, 5.74) is 0. The Morgan fingerprint density at radius 1 is 0.349 bits per heavy atom. The Bertz CT molecular complexity index is 1420. The minimum atomic E-state index is -0.830. The minimum absolute atomic E-state index is 0.129. The first-order chi connectivity index (χ1) is 31.0. The first kappa shape index (κ1) is 58.6. The molecule has 6 nitrogen and oxygen atoms in total. The minimum Gasteiger partial charge on any atom is -0.462 e. The highest BCUT2D eigenvalue weighted by atomic mass is 16.6. The van der Waals surface area contributed by atoms with Crippen LogP contribution in [0.25, 0.3) is 0 Å². The van der Waals surface area contributed by atoms with Crippen LogP contribution in [0.3, 0.4) is 0 Å². The van der Waals surface area contributed by atoms with Crippen molar-refractivity contribution >= 4 is 17.9 Å². The molecule has 0 amide bonds. The molecule has 1 unspecified atom stereocenters. The van der Waals surface area contributed by atoms with E-state index in [9.17, 15) is 14.4 Å². The Labute approximate surface area is 385 Å². The average Bonchev–Trinajstić information content (AvgIpc) is 3.28. The van der Waals surface area contributed by atoms with Gasteiger partial charge in [0.1, 0.15) is 13.2 Å². The Hall–Kier alpha value is -4.45. The van der Waals surface area contributed by atoms with Crippen molar-refractivity contribution < 1.29 is 28.6 Å². The van der Waals surface area contributed by atoms with E-state index in [0.717, 1.165) is 83.5 Å². The lowest BCUT2D eigenvalue weighted by atomic mass is 10.1. The van der Waals surface area contributed by atoms with Gasteiger partial charge in [-0.3, -0.25) is 14.4 Å². The van der Waals surface area contributed by atoms with Crippen LogP contribution in [0.4, 0.5) is 0 Å². The molecule has 0 aromatic heterocycles. The van der Waals surface area contributed by atoms with E-state index < -0.39 is 6.10 Å². The van der Waals surface area contributed by atoms with E-state index in [4.69, 9.17) is 14.2 Å². The lowest BCUT2D eigenvalue weighted by Crippen LogP contribution is -2.30. The zero-order chi connectivity index (χ0) is 45.8. The molecule has 0 rings (SSSR count). The fourth-order valence-electron chi connectivity index (χ4n) is 6.12. The molecule has 0 spiro atoms. The first-order valence-electron chi connectivity index (χ1n) is 24.8. The van der Waals surface area contributed by atoms with Gasteiger partial charge in [-0.25, -0.2) is 0 Å². The van der Waals surface area contributed by atoms with Gasteiger partial charge in [0.2, 0.25) is 0 Å². The Morgan fingerprint density at radius 3 is 1.21 bits per heavy atom. The van der Waals surface area contributed by atoms with Crippen LogP contribution in [0.2, 0.25) is 0 Å². The number of allylic oxidation sites excluding steroid dienone is 22. The smallest absolute Gasteiger partial charge is 0.306 e. The molecule has 0 saturated heterocycles. The van der Waals surface area contributed by atoms with Crippen LogP contribution in [-0.4, -0.2) is 37.2 Å². The topological polar surface area (TPSA) is 78.9 Å². The van der Waals surface area contributed by atoms with Gasteiger partial charge in [-0.15, -0.1) is 0 Å². The number of unbranched alkanes of at least 4 members (excludes halogenated alkanes) is 15. The van der Waals surface area contributed by atoms with Gasteiger partial charge in [0, 0.05) is 19.3 Å². The van der Waals surface area contributed by atoms with Gasteiger partial charge in [-0.1, -0.05) is 206 Å². The quantitative estimate of drug-likeness (QED) is 0.0200. The lowest BCUT2D eigenvalue weighted by molar-refractivity contribution is -0.167. The van der Waals surface area contributed by atoms with Crippen molar-refractivity contribution in [3.05, 3.63) is 134 Å². The van der Waals surface area contributed by atoms with Gasteiger partial charge in [0.05, 0.1) is 0 Å². The van der Waals surface area contributed by atoms with Gasteiger partial charge in [-0.2, -0.15) is 0 Å². The maximum absolute atomic E-state index is 12.8. The fourth-order valence-corrected chi connectivity index (χ4v) is 6.12. The molecular formula is C57H88O6. The second kappa shape index (κ2) is 50.2. The lowest BCUT2D eigenvalue weighted by Gasteiger charge is -2.18. The number of carbonyl (C=O) groups is 3. The summed E-state index contributed by atoms with van der Waals surface area (Å²) in [7, 11) is 0. The first-order valence-corrected chi connectivity index (χ1v) is 24.8. The Morgan fingerprint density at radius 2 is 0.698 bits per heavy atom. The summed E-state index contributed by atoms with van der Waals surface area (Å²) in [5, 5.41) is 0. The number of hydrogen-bond acceptors (Lipinski definition) is 6. The highest BCUT2D eigenvalue weighted by Crippen LogP contribution is 2.11. The monoisotopic (exact) mass is 869 g/mol. The standard InChI is InChI=1S/C57H88O6/c1-4-7-10-13-16-19-22-25-27-29-31-32-35-38-41-44-47-50-56(59)62-53-54(52-61-55(58)49-46-43-40-37-34-24-21-18-15-12-9-6-3)63-57(60)51-48-45-42-39-36-33-30-28-26-23-20-17-14-11-8-5-2/h7,9-10,12-13,16,18-19,21-22,25,27-37,54H,4-6,8,11,14-15,17,20,23-24,26,38-53H2,1-3H3/b10-7-,12-9-,16-13-,21-18-,22-19-,27-25-,30-28-,31-29+,35-32-,36-33-,37-34-. The summed E-state index contributed by atoms with van der Waals surface area (Å²) in [6.45, 7) is 6.24. The number of carbonyl (C=O) groups excluding carboxylic acids is 3. The van der Waals surface area contributed by atoms with Crippen LogP contribution in [0.15, 0.2) is 134 Å². The van der Waals surface area contributed by atoms with Crippen LogP contribution in [0, 0.1) is 0 Å². The predicted molar refractivity (Wildman–Crippen MR) is 269 cm³/mol. The molecule has 0 aliphatic rings. The summed E-state index contributed by atoms with van der Waals surface area (Å²) < 4.78 is 16.7. The van der Waals surface area contributed by atoms with E-state index >= 15 is 0 Å². The zero-order valence-corrected chi connectivity index (χ0v) is 40.0. The molecule has 0 N–H and O–H groups in total. The van der Waals surface area contributed by atoms with Crippen molar-refractivity contribution in [3.63, 3.8) is 0 Å². The highest BCUT2D eigenvalue weighted by Gasteiger charge is 2.19. The highest BCUT2D eigenvalue weighted by molar-refractivity contribution is 5.71. The molecule has 63 heavy (non-hydrogen) atoms. The van der Waals surface area contributed by atoms with Crippen LogP contribution in [-0.2, 0) is 28.6 Å². The molecule has 0 aromatic rings. The molecule has 0 aliphatic carbocycles. The van der Waals surface area contributed by atoms with Crippen molar-refractivity contribution in [2.75, 3.05) is 13.2 Å². The van der Waals surface area contributed by atoms with E-state index in [1.807, 2.05) is 60.8 Å². The van der Waals surface area contributed by atoms with E-state index in [1.54, 1.807) is 0 Å². The van der Waals surface area contributed by atoms with Gasteiger partial charge < -0.3 is 14.2 Å². The maximum Gasteiger partial charge on any atom is 0.306 e. The molecule has 0 saturated carbocycles. The van der Waals surface area contributed by atoms with Crippen molar-refractivity contribution in [3.8, 4) is 0 Å². The van der Waals surface area contributed by atoms with Crippen LogP contribution in [0.1, 0.15) is 188 Å². The van der Waals surface area contributed by atoms with E-state index in [-0.39, 0.29) is 50.4 Å². The average molecular weight is 869 g/mol. The van der Waals surface area contributed by atoms with Crippen LogP contribution in [0.5, 0.6) is 0 Å². The van der Waals surface area contributed by atoms with Gasteiger partial charge >= 0.3 is 17.9 Å². The Balaban J connectivity index is 4.60. The summed E-state index contributed by atoms with van der Waals surface area (Å²) in [6.07, 6.45) is 70.1. The molecule has 0 fully saturated rings. The number of ether oxygens (including phenoxy) is 3. The summed E-state index contributed by atoms with van der Waals surface area (Å²) in [5.74, 6) is -1.05. The van der Waals surface area contributed by atoms with Gasteiger partial charge in [0.15, 0.2) is 6.10 Å². The fraction of sp³-hybridized carbons (Fsp3) is 0.561. The molecule has 0 radical (unpaired) electrons. The molecule has 0 aliphatic heterocycles. The molecule has 0 aromatic carbocycles. The van der Waals surface area contributed by atoms with Crippen molar-refractivity contribution in [1.82, 2.24) is 0 Å². The third kappa shape index (κ3) is 48.4. The molecule has 0 heterocycles. The van der Waals surface area contributed by atoms with Crippen LogP contribution >= 0.6 is 0 Å². The van der Waals surface area contributed by atoms with E-state index in [1.165, 1.54) is 44.9 Å². The Kier molecular flexibility index (Phi) is 46.7. The predicted octanol–water partition coefficient (Wildman–Crippen LogP) is 16.3. The van der Waals surface area contributed by atoms with E-state index in [2.05, 4.69) is 93.7 Å². The second-order valence-electron chi connectivity index (χ2n) is 15.8. The third-order valence-corrected chi connectivity index (χ3v) is 9.81. The molecule has 352 valence electrons. The van der Waals surface area contributed by atoms with Gasteiger partial charge in [0.25, 0.3) is 0 Å². The molecule has 1 atom stereocenters. The molecule has 6 heteroatoms. The van der Waals surface area contributed by atoms with Crippen molar-refractivity contribution in [2.24, 2.45) is 0 Å². The maximum atomic E-state index is 12.8. The van der Waals surface area contributed by atoms with E-state index in [0.29, 0.717) is 19.3 Å². The third-order valence-electron chi connectivity index (χ3n) is 9.81. The number of esters is 3. The molecule has 0 bridgehead atoms. The summed E-state index contributed by atoms with van der Waals surface area (Å²) >= 11 is 0. The summed E-state index contributed by atoms with van der Waals surface area (Å²) in [4.78, 5) is 37.9. The van der Waals surface area contributed by atoms with Crippen molar-refractivity contribution in [1.29, 1.82) is 0 Å². The molecular weight excluding hydrogens is 781 g/mol.